The van der Waals surface area contributed by atoms with Crippen LogP contribution in [0.1, 0.15) is 5.56 Å². The number of ether oxygens (including phenoxy) is 1. The van der Waals surface area contributed by atoms with Crippen molar-refractivity contribution in [2.45, 2.75) is 6.92 Å². The first kappa shape index (κ1) is 9.87. The molecule has 0 saturated carbocycles. The maximum Gasteiger partial charge on any atom is 0.123 e. The van der Waals surface area contributed by atoms with E-state index in [0.29, 0.717) is 11.6 Å². The molecule has 0 aliphatic carbocycles. The van der Waals surface area contributed by atoms with Gasteiger partial charge in [-0.2, -0.15) is 0 Å². The fourth-order valence-electron chi connectivity index (χ4n) is 0.878. The smallest absolute Gasteiger partial charge is 0.123 e. The summed E-state index contributed by atoms with van der Waals surface area (Å²) in [7, 11) is 0. The first-order valence-corrected chi connectivity index (χ1v) is 5.19. The molecule has 0 radical (unpaired) electrons. The highest BCUT2D eigenvalue weighted by atomic mass is 79.9. The number of benzene rings is 1. The molecule has 0 aromatic heterocycles. The average Bonchev–Trinajstić information content (AvgIpc) is 2.07. The number of alkyl halides is 1. The van der Waals surface area contributed by atoms with Gasteiger partial charge in [0.1, 0.15) is 5.75 Å². The Hall–Kier alpha value is -0.210. The lowest BCUT2D eigenvalue weighted by molar-refractivity contribution is 0.342. The maximum absolute atomic E-state index is 5.80. The number of hydrogen-bond donors (Lipinski definition) is 0. The second-order valence-electron chi connectivity index (χ2n) is 2.45. The summed E-state index contributed by atoms with van der Waals surface area (Å²) in [5.74, 6) is 0.863. The van der Waals surface area contributed by atoms with Crippen molar-refractivity contribution in [3.8, 4) is 5.75 Å². The van der Waals surface area contributed by atoms with E-state index in [-0.39, 0.29) is 0 Å². The second-order valence-corrected chi connectivity index (χ2v) is 3.68. The molecule has 0 heterocycles. The molecule has 1 aromatic rings. The minimum Gasteiger partial charge on any atom is -0.492 e. The van der Waals surface area contributed by atoms with Gasteiger partial charge in [-0.05, 0) is 24.6 Å². The molecule has 0 aliphatic rings. The standard InChI is InChI=1S/C9H10BrClO/c1-7-2-3-8(11)6-9(7)12-5-4-10/h2-3,6H,4-5H2,1H3. The van der Waals surface area contributed by atoms with E-state index in [4.69, 9.17) is 16.3 Å². The van der Waals surface area contributed by atoms with Crippen molar-refractivity contribution in [3.63, 3.8) is 0 Å². The molecule has 0 aliphatic heterocycles. The molecule has 0 unspecified atom stereocenters. The lowest BCUT2D eigenvalue weighted by atomic mass is 10.2. The summed E-state index contributed by atoms with van der Waals surface area (Å²) in [6.45, 7) is 2.67. The highest BCUT2D eigenvalue weighted by Crippen LogP contribution is 2.22. The van der Waals surface area contributed by atoms with E-state index in [9.17, 15) is 0 Å². The van der Waals surface area contributed by atoms with Gasteiger partial charge in [0.15, 0.2) is 0 Å². The fourth-order valence-corrected chi connectivity index (χ4v) is 1.20. The molecule has 0 saturated heterocycles. The fraction of sp³-hybridized carbons (Fsp3) is 0.333. The molecule has 1 aromatic carbocycles. The summed E-state index contributed by atoms with van der Waals surface area (Å²) in [5.41, 5.74) is 1.11. The quantitative estimate of drug-likeness (QED) is 0.746. The van der Waals surface area contributed by atoms with E-state index < -0.39 is 0 Å². The predicted octanol–water partition coefficient (Wildman–Crippen LogP) is 3.42. The first-order valence-electron chi connectivity index (χ1n) is 3.69. The van der Waals surface area contributed by atoms with Gasteiger partial charge < -0.3 is 4.74 Å². The van der Waals surface area contributed by atoms with Crippen molar-refractivity contribution in [2.24, 2.45) is 0 Å². The second kappa shape index (κ2) is 4.73. The van der Waals surface area contributed by atoms with Crippen LogP contribution in [0.5, 0.6) is 5.75 Å². The molecule has 0 atom stereocenters. The highest BCUT2D eigenvalue weighted by molar-refractivity contribution is 9.09. The van der Waals surface area contributed by atoms with Gasteiger partial charge in [-0.1, -0.05) is 33.6 Å². The Morgan fingerprint density at radius 2 is 2.25 bits per heavy atom. The molecular weight excluding hydrogens is 239 g/mol. The molecule has 12 heavy (non-hydrogen) atoms. The van der Waals surface area contributed by atoms with Crippen molar-refractivity contribution in [3.05, 3.63) is 28.8 Å². The van der Waals surface area contributed by atoms with Crippen LogP contribution in [-0.2, 0) is 0 Å². The molecule has 0 N–H and O–H groups in total. The Labute approximate surface area is 85.8 Å². The van der Waals surface area contributed by atoms with Gasteiger partial charge in [0.25, 0.3) is 0 Å². The van der Waals surface area contributed by atoms with Crippen molar-refractivity contribution in [1.29, 1.82) is 0 Å². The summed E-state index contributed by atoms with van der Waals surface area (Å²) >= 11 is 9.10. The zero-order valence-corrected chi connectivity index (χ0v) is 9.15. The van der Waals surface area contributed by atoms with E-state index in [1.165, 1.54) is 0 Å². The van der Waals surface area contributed by atoms with Gasteiger partial charge in [0.2, 0.25) is 0 Å². The third-order valence-electron chi connectivity index (χ3n) is 1.48. The van der Waals surface area contributed by atoms with E-state index >= 15 is 0 Å². The Morgan fingerprint density at radius 3 is 2.92 bits per heavy atom. The molecule has 66 valence electrons. The zero-order chi connectivity index (χ0) is 8.97. The minimum atomic E-state index is 0.668. The Morgan fingerprint density at radius 1 is 1.50 bits per heavy atom. The summed E-state index contributed by atoms with van der Waals surface area (Å²) < 4.78 is 5.44. The summed E-state index contributed by atoms with van der Waals surface area (Å²) in [6, 6.07) is 5.64. The molecule has 0 fully saturated rings. The predicted molar refractivity (Wildman–Crippen MR) is 55.5 cm³/mol. The molecule has 1 rings (SSSR count). The van der Waals surface area contributed by atoms with Gasteiger partial charge in [0, 0.05) is 10.4 Å². The summed E-state index contributed by atoms with van der Waals surface area (Å²) in [4.78, 5) is 0. The Bertz CT molecular complexity index is 263. The van der Waals surface area contributed by atoms with Crippen molar-refractivity contribution in [2.75, 3.05) is 11.9 Å². The largest absolute Gasteiger partial charge is 0.492 e. The number of aryl methyl sites for hydroxylation is 1. The van der Waals surface area contributed by atoms with Crippen LogP contribution < -0.4 is 4.74 Å². The van der Waals surface area contributed by atoms with Gasteiger partial charge in [-0.3, -0.25) is 0 Å². The van der Waals surface area contributed by atoms with Crippen LogP contribution in [0.3, 0.4) is 0 Å². The Balaban J connectivity index is 2.75. The highest BCUT2D eigenvalue weighted by Gasteiger charge is 1.98. The summed E-state index contributed by atoms with van der Waals surface area (Å²) in [6.07, 6.45) is 0. The molecular formula is C9H10BrClO. The number of hydrogen-bond acceptors (Lipinski definition) is 1. The van der Waals surface area contributed by atoms with E-state index in [0.717, 1.165) is 16.6 Å². The van der Waals surface area contributed by atoms with Gasteiger partial charge in [0.05, 0.1) is 6.61 Å². The van der Waals surface area contributed by atoms with Crippen LogP contribution in [0.4, 0.5) is 0 Å². The maximum atomic E-state index is 5.80. The lowest BCUT2D eigenvalue weighted by Crippen LogP contribution is -1.98. The minimum absolute atomic E-state index is 0.668. The third kappa shape index (κ3) is 2.68. The lowest BCUT2D eigenvalue weighted by Gasteiger charge is -2.07. The molecule has 0 bridgehead atoms. The number of rotatable bonds is 3. The van der Waals surface area contributed by atoms with Crippen molar-refractivity contribution >= 4 is 27.5 Å². The van der Waals surface area contributed by atoms with Gasteiger partial charge >= 0.3 is 0 Å². The SMILES string of the molecule is Cc1ccc(Cl)cc1OCCBr. The summed E-state index contributed by atoms with van der Waals surface area (Å²) in [5, 5.41) is 1.55. The monoisotopic (exact) mass is 248 g/mol. The van der Waals surface area contributed by atoms with Crippen LogP contribution in [0.2, 0.25) is 5.02 Å². The van der Waals surface area contributed by atoms with E-state index in [1.807, 2.05) is 25.1 Å². The number of halogens is 2. The molecule has 1 nitrogen and oxygen atoms in total. The van der Waals surface area contributed by atoms with Crippen molar-refractivity contribution < 1.29 is 4.74 Å². The molecule has 3 heteroatoms. The van der Waals surface area contributed by atoms with Crippen molar-refractivity contribution in [1.82, 2.24) is 0 Å². The zero-order valence-electron chi connectivity index (χ0n) is 6.81. The molecule has 0 spiro atoms. The van der Waals surface area contributed by atoms with Gasteiger partial charge in [-0.15, -0.1) is 0 Å². The topological polar surface area (TPSA) is 9.23 Å². The van der Waals surface area contributed by atoms with Crippen LogP contribution in [0.15, 0.2) is 18.2 Å². The average molecular weight is 250 g/mol. The van der Waals surface area contributed by atoms with Crippen LogP contribution >= 0.6 is 27.5 Å². The first-order chi connectivity index (χ1) is 5.74. The van der Waals surface area contributed by atoms with Crippen LogP contribution in [0, 0.1) is 6.92 Å². The van der Waals surface area contributed by atoms with E-state index in [1.54, 1.807) is 0 Å². The van der Waals surface area contributed by atoms with Crippen LogP contribution in [-0.4, -0.2) is 11.9 Å². The normalized spacial score (nSPS) is 9.92. The van der Waals surface area contributed by atoms with E-state index in [2.05, 4.69) is 15.9 Å². The molecule has 0 amide bonds. The van der Waals surface area contributed by atoms with Crippen LogP contribution in [0.25, 0.3) is 0 Å². The van der Waals surface area contributed by atoms with Gasteiger partial charge in [-0.25, -0.2) is 0 Å². The third-order valence-corrected chi connectivity index (χ3v) is 2.04. The Kier molecular flexibility index (Phi) is 3.89.